The fraction of sp³-hybridized carbons (Fsp3) is 0.271. The number of hydrogen-bond donors (Lipinski definition) is 7. The van der Waals surface area contributed by atoms with E-state index >= 15 is 0 Å². The summed E-state index contributed by atoms with van der Waals surface area (Å²) in [5, 5.41) is 27.5. The van der Waals surface area contributed by atoms with Crippen molar-refractivity contribution in [3.63, 3.8) is 0 Å². The Morgan fingerprint density at radius 2 is 1.14 bits per heavy atom. The Balaban J connectivity index is 1.19. The smallest absolute Gasteiger partial charge is 0.329 e. The molecule has 1 aliphatic rings. The van der Waals surface area contributed by atoms with Gasteiger partial charge < -0.3 is 37.0 Å². The second-order valence-electron chi connectivity index (χ2n) is 15.6. The Bertz CT molecular complexity index is 2370. The summed E-state index contributed by atoms with van der Waals surface area (Å²) in [7, 11) is 0. The van der Waals surface area contributed by atoms with Gasteiger partial charge in [0.2, 0.25) is 35.4 Å². The summed E-state index contributed by atoms with van der Waals surface area (Å²) in [6.45, 7) is 1.40. The first-order valence-corrected chi connectivity index (χ1v) is 21.5. The summed E-state index contributed by atoms with van der Waals surface area (Å²) in [5.41, 5.74) is 3.61. The van der Waals surface area contributed by atoms with E-state index in [0.717, 1.165) is 21.6 Å². The maximum Gasteiger partial charge on any atom is 0.329 e. The molecule has 326 valence electrons. The average Bonchev–Trinajstić information content (AvgIpc) is 3.89. The summed E-state index contributed by atoms with van der Waals surface area (Å²) in [5.74, 6) is -4.81. The number of carbonyl (C=O) groups is 7. The van der Waals surface area contributed by atoms with Crippen LogP contribution in [0.5, 0.6) is 0 Å². The van der Waals surface area contributed by atoms with E-state index in [1.807, 2.05) is 91.2 Å². The van der Waals surface area contributed by atoms with Crippen molar-refractivity contribution in [1.29, 1.82) is 0 Å². The van der Waals surface area contributed by atoms with E-state index in [4.69, 9.17) is 0 Å². The highest BCUT2D eigenvalue weighted by atomic mass is 32.1. The Labute approximate surface area is 369 Å². The summed E-state index contributed by atoms with van der Waals surface area (Å²) in [6, 6.07) is 33.4. The van der Waals surface area contributed by atoms with Gasteiger partial charge in [0.15, 0.2) is 0 Å². The van der Waals surface area contributed by atoms with E-state index < -0.39 is 65.7 Å². The fourth-order valence-electron chi connectivity index (χ4n) is 6.82. The lowest BCUT2D eigenvalue weighted by molar-refractivity contribution is -0.143. The molecule has 3 atom stereocenters. The standard InChI is InChI=1S/C48H50N6O8S/c1-31-14-20-36(21-15-31)50-41(55)22-23-42(56)51-40(29-37-13-8-26-63-37)46(60)53-39(28-33-16-18-35(19-17-33)34-11-6-3-7-12-34)45(59)52-38(27-32-9-4-2-5-10-32)44(58)49-30-43(57)54-48(24-25-48)47(61)62/h2-21,26,38-40H,22-25,27-30H2,1H3,(H,49,58)(H,50,55)(H,51,56)(H,52,59)(H,53,60)(H,54,57)(H,61,62)/t38-,39+,40-/m1/s1. The van der Waals surface area contributed by atoms with Crippen molar-refractivity contribution in [1.82, 2.24) is 26.6 Å². The SMILES string of the molecule is Cc1ccc(NC(=O)CCC(=O)N[C@H](Cc2cccs2)C(=O)N[C@@H](Cc2ccc(-c3ccccc3)cc2)C(=O)N[C@H](Cc2ccccc2)C(=O)NCC(=O)NC2(C(=O)O)CC2)cc1. The predicted octanol–water partition coefficient (Wildman–Crippen LogP) is 4.47. The minimum Gasteiger partial charge on any atom is -0.480 e. The number of benzene rings is 4. The third-order valence-corrected chi connectivity index (χ3v) is 11.5. The minimum atomic E-state index is -1.35. The zero-order valence-electron chi connectivity index (χ0n) is 34.7. The van der Waals surface area contributed by atoms with Crippen molar-refractivity contribution in [2.75, 3.05) is 11.9 Å². The first kappa shape index (κ1) is 45.4. The number of nitrogens with one attached hydrogen (secondary N) is 6. The summed E-state index contributed by atoms with van der Waals surface area (Å²) < 4.78 is 0. The van der Waals surface area contributed by atoms with Crippen molar-refractivity contribution < 1.29 is 38.7 Å². The lowest BCUT2D eigenvalue weighted by Crippen LogP contribution is -2.58. The van der Waals surface area contributed by atoms with E-state index in [9.17, 15) is 38.7 Å². The van der Waals surface area contributed by atoms with Crippen LogP contribution in [0, 0.1) is 6.92 Å². The second kappa shape index (κ2) is 21.6. The molecule has 4 aromatic carbocycles. The topological polar surface area (TPSA) is 212 Å². The summed E-state index contributed by atoms with van der Waals surface area (Å²) in [4.78, 5) is 93.5. The van der Waals surface area contributed by atoms with Gasteiger partial charge in [-0.25, -0.2) is 4.79 Å². The molecule has 7 N–H and O–H groups in total. The lowest BCUT2D eigenvalue weighted by Gasteiger charge is -2.26. The molecular formula is C48H50N6O8S. The summed E-state index contributed by atoms with van der Waals surface area (Å²) in [6.07, 6.45) is 0.361. The molecule has 6 rings (SSSR count). The maximum absolute atomic E-state index is 14.4. The van der Waals surface area contributed by atoms with Crippen LogP contribution in [-0.2, 0) is 52.8 Å². The van der Waals surface area contributed by atoms with Crippen molar-refractivity contribution in [3.8, 4) is 11.1 Å². The van der Waals surface area contributed by atoms with Crippen LogP contribution in [0.25, 0.3) is 11.1 Å². The molecule has 1 fully saturated rings. The Hall–Kier alpha value is -7.13. The number of carboxylic acid groups (broad SMARTS) is 1. The Morgan fingerprint density at radius 1 is 0.587 bits per heavy atom. The third-order valence-electron chi connectivity index (χ3n) is 10.6. The minimum absolute atomic E-state index is 0.00481. The first-order valence-electron chi connectivity index (χ1n) is 20.7. The first-order chi connectivity index (χ1) is 30.4. The van der Waals surface area contributed by atoms with Crippen LogP contribution in [0.4, 0.5) is 5.69 Å². The highest BCUT2D eigenvalue weighted by Gasteiger charge is 2.51. The molecule has 5 aromatic rings. The average molecular weight is 871 g/mol. The van der Waals surface area contributed by atoms with Gasteiger partial charge in [-0.3, -0.25) is 28.8 Å². The Kier molecular flexibility index (Phi) is 15.6. The van der Waals surface area contributed by atoms with E-state index in [2.05, 4.69) is 31.9 Å². The van der Waals surface area contributed by atoms with Crippen molar-refractivity contribution >= 4 is 58.4 Å². The van der Waals surface area contributed by atoms with E-state index in [0.29, 0.717) is 16.8 Å². The molecule has 0 unspecified atom stereocenters. The van der Waals surface area contributed by atoms with Gasteiger partial charge in [-0.2, -0.15) is 0 Å². The molecule has 1 saturated carbocycles. The monoisotopic (exact) mass is 870 g/mol. The number of carbonyl (C=O) groups excluding carboxylic acids is 6. The van der Waals surface area contributed by atoms with E-state index in [-0.39, 0.29) is 50.9 Å². The van der Waals surface area contributed by atoms with Gasteiger partial charge in [0.25, 0.3) is 0 Å². The van der Waals surface area contributed by atoms with Crippen LogP contribution in [0.2, 0.25) is 0 Å². The number of hydrogen-bond acceptors (Lipinski definition) is 8. The number of amides is 6. The molecule has 0 spiro atoms. The van der Waals surface area contributed by atoms with Gasteiger partial charge in [-0.1, -0.05) is 109 Å². The van der Waals surface area contributed by atoms with Crippen LogP contribution in [-0.4, -0.2) is 76.7 Å². The number of thiophene rings is 1. The number of carboxylic acids is 1. The molecule has 0 aliphatic heterocycles. The highest BCUT2D eigenvalue weighted by molar-refractivity contribution is 7.09. The second-order valence-corrected chi connectivity index (χ2v) is 16.6. The van der Waals surface area contributed by atoms with Gasteiger partial charge in [-0.05, 0) is 65.6 Å². The fourth-order valence-corrected chi connectivity index (χ4v) is 7.58. The van der Waals surface area contributed by atoms with Gasteiger partial charge in [0.1, 0.15) is 23.7 Å². The molecule has 1 aliphatic carbocycles. The largest absolute Gasteiger partial charge is 0.480 e. The van der Waals surface area contributed by atoms with Crippen molar-refractivity contribution in [3.05, 3.63) is 148 Å². The number of rotatable bonds is 21. The molecule has 63 heavy (non-hydrogen) atoms. The molecule has 0 saturated heterocycles. The lowest BCUT2D eigenvalue weighted by atomic mass is 9.99. The number of aryl methyl sites for hydroxylation is 1. The molecule has 0 bridgehead atoms. The molecule has 1 heterocycles. The number of anilines is 1. The zero-order chi connectivity index (χ0) is 44.8. The molecule has 14 nitrogen and oxygen atoms in total. The number of aliphatic carboxylic acids is 1. The summed E-state index contributed by atoms with van der Waals surface area (Å²) >= 11 is 1.39. The third kappa shape index (κ3) is 13.7. The Morgan fingerprint density at radius 3 is 1.73 bits per heavy atom. The van der Waals surface area contributed by atoms with Crippen LogP contribution in [0.1, 0.15) is 47.3 Å². The van der Waals surface area contributed by atoms with Gasteiger partial charge in [0, 0.05) is 42.7 Å². The molecule has 6 amide bonds. The van der Waals surface area contributed by atoms with Crippen molar-refractivity contribution in [2.24, 2.45) is 0 Å². The normalized spacial score (nSPS) is 13.9. The van der Waals surface area contributed by atoms with Crippen LogP contribution in [0.15, 0.2) is 127 Å². The van der Waals surface area contributed by atoms with Gasteiger partial charge in [0.05, 0.1) is 6.54 Å². The quantitative estimate of drug-likeness (QED) is 0.0558. The van der Waals surface area contributed by atoms with Crippen molar-refractivity contribution in [2.45, 2.75) is 75.5 Å². The van der Waals surface area contributed by atoms with Crippen LogP contribution >= 0.6 is 11.3 Å². The van der Waals surface area contributed by atoms with Gasteiger partial charge in [-0.15, -0.1) is 11.3 Å². The molecule has 1 aromatic heterocycles. The van der Waals surface area contributed by atoms with E-state index in [1.54, 1.807) is 42.5 Å². The van der Waals surface area contributed by atoms with E-state index in [1.165, 1.54) is 11.3 Å². The molecule has 15 heteroatoms. The van der Waals surface area contributed by atoms with Crippen LogP contribution < -0.4 is 31.9 Å². The zero-order valence-corrected chi connectivity index (χ0v) is 35.5. The molecular weight excluding hydrogens is 821 g/mol. The maximum atomic E-state index is 14.4. The highest BCUT2D eigenvalue weighted by Crippen LogP contribution is 2.35. The van der Waals surface area contributed by atoms with Gasteiger partial charge >= 0.3 is 5.97 Å². The predicted molar refractivity (Wildman–Crippen MR) is 239 cm³/mol. The van der Waals surface area contributed by atoms with Crippen LogP contribution in [0.3, 0.4) is 0 Å². The molecule has 0 radical (unpaired) electrons.